The molecule has 1 fully saturated rings. The van der Waals surface area contributed by atoms with Gasteiger partial charge in [-0.05, 0) is 32.4 Å². The van der Waals surface area contributed by atoms with E-state index in [4.69, 9.17) is 9.47 Å². The molecule has 26 heavy (non-hydrogen) atoms. The van der Waals surface area contributed by atoms with E-state index in [0.29, 0.717) is 13.2 Å². The lowest BCUT2D eigenvalue weighted by Crippen LogP contribution is -2.45. The van der Waals surface area contributed by atoms with Gasteiger partial charge in [0.2, 0.25) is 0 Å². The molecule has 0 saturated carbocycles. The van der Waals surface area contributed by atoms with E-state index in [1.807, 2.05) is 0 Å². The summed E-state index contributed by atoms with van der Waals surface area (Å²) >= 11 is 0. The van der Waals surface area contributed by atoms with E-state index in [1.165, 1.54) is 18.2 Å². The molecule has 3 atom stereocenters. The van der Waals surface area contributed by atoms with Crippen molar-refractivity contribution in [3.8, 4) is 0 Å². The maximum absolute atomic E-state index is 14.5. The van der Waals surface area contributed by atoms with Gasteiger partial charge < -0.3 is 14.3 Å². The van der Waals surface area contributed by atoms with Crippen LogP contribution >= 0.6 is 0 Å². The number of hydrogen-bond donors (Lipinski definition) is 0. The van der Waals surface area contributed by atoms with Crippen molar-refractivity contribution >= 4 is 12.3 Å². The molecule has 1 heterocycles. The first-order valence-corrected chi connectivity index (χ1v) is 8.32. The molecule has 0 unspecified atom stereocenters. The Bertz CT molecular complexity index is 678. The van der Waals surface area contributed by atoms with Crippen LogP contribution in [0.2, 0.25) is 0 Å². The van der Waals surface area contributed by atoms with Crippen LogP contribution in [0.15, 0.2) is 24.3 Å². The lowest BCUT2D eigenvalue weighted by atomic mass is 9.68. The van der Waals surface area contributed by atoms with Crippen LogP contribution in [0, 0.1) is 11.7 Å². The molecule has 0 aromatic heterocycles. The normalized spacial score (nSPS) is 26.6. The van der Waals surface area contributed by atoms with Gasteiger partial charge in [0.25, 0.3) is 5.92 Å². The molecule has 1 aromatic rings. The lowest BCUT2D eigenvalue weighted by Gasteiger charge is -2.34. The van der Waals surface area contributed by atoms with Crippen LogP contribution in [-0.4, -0.2) is 36.5 Å². The van der Waals surface area contributed by atoms with Crippen LogP contribution in [0.3, 0.4) is 0 Å². The molecule has 0 bridgehead atoms. The van der Waals surface area contributed by atoms with Gasteiger partial charge in [-0.3, -0.25) is 4.79 Å². The molecule has 1 aliphatic heterocycles. The number of aldehydes is 1. The first kappa shape index (κ1) is 20.4. The van der Waals surface area contributed by atoms with E-state index in [0.717, 1.165) is 6.07 Å². The van der Waals surface area contributed by atoms with E-state index >= 15 is 0 Å². The van der Waals surface area contributed by atoms with Crippen molar-refractivity contribution in [2.45, 2.75) is 57.2 Å². The number of rotatable bonds is 5. The average Bonchev–Trinajstić information content (AvgIpc) is 2.84. The number of halogens is 3. The summed E-state index contributed by atoms with van der Waals surface area (Å²) in [4.78, 5) is 24.2. The highest BCUT2D eigenvalue weighted by atomic mass is 19.3. The molecule has 1 aromatic carbocycles. The van der Waals surface area contributed by atoms with Gasteiger partial charge in [0.05, 0.1) is 18.9 Å². The van der Waals surface area contributed by atoms with E-state index in [-0.39, 0.29) is 12.2 Å². The molecule has 7 heteroatoms. The monoisotopic (exact) mass is 372 g/mol. The van der Waals surface area contributed by atoms with Crippen LogP contribution in [0.5, 0.6) is 0 Å². The fraction of sp³-hybridized carbons (Fsp3) is 0.579. The molecule has 1 saturated heterocycles. The molecule has 0 amide bonds. The van der Waals surface area contributed by atoms with Crippen molar-refractivity contribution in [1.29, 1.82) is 0 Å². The Morgan fingerprint density at radius 2 is 1.92 bits per heavy atom. The van der Waals surface area contributed by atoms with Crippen LogP contribution in [0.1, 0.15) is 39.7 Å². The minimum Gasteiger partial charge on any atom is -0.460 e. The first-order chi connectivity index (χ1) is 11.9. The number of carbonyl (C=O) groups excluding carboxylic acids is 2. The zero-order valence-electron chi connectivity index (χ0n) is 15.2. The Kier molecular flexibility index (Phi) is 5.52. The SMILES string of the molecule is CC(C)(C)OC(=O)C[C@@]1(c2ccccc2F)CO[C@H](C(C)(F)F)[C@H]1C=O. The third-order valence-corrected chi connectivity index (χ3v) is 4.42. The molecule has 0 radical (unpaired) electrons. The van der Waals surface area contributed by atoms with Crippen molar-refractivity contribution < 1.29 is 32.2 Å². The standard InChI is InChI=1S/C19H23F3O4/c1-17(2,3)26-15(24)9-19(12-7-5-6-8-14(12)20)11-25-16(13(19)10-23)18(4,21)22/h5-8,10,13,16H,9,11H2,1-4H3/t13-,16+,19+/m1/s1. The molecule has 0 N–H and O–H groups in total. The number of esters is 1. The number of ether oxygens (including phenoxy) is 2. The van der Waals surface area contributed by atoms with E-state index in [9.17, 15) is 22.8 Å². The molecule has 0 aliphatic carbocycles. The van der Waals surface area contributed by atoms with Crippen molar-refractivity contribution in [2.75, 3.05) is 6.61 Å². The largest absolute Gasteiger partial charge is 0.460 e. The van der Waals surface area contributed by atoms with E-state index < -0.39 is 47.2 Å². The number of alkyl halides is 2. The van der Waals surface area contributed by atoms with Crippen molar-refractivity contribution in [1.82, 2.24) is 0 Å². The molecular formula is C19H23F3O4. The fourth-order valence-corrected chi connectivity index (χ4v) is 3.41. The second kappa shape index (κ2) is 7.02. The molecular weight excluding hydrogens is 349 g/mol. The van der Waals surface area contributed by atoms with Gasteiger partial charge in [-0.1, -0.05) is 18.2 Å². The average molecular weight is 372 g/mol. The van der Waals surface area contributed by atoms with Crippen molar-refractivity contribution in [3.05, 3.63) is 35.6 Å². The maximum Gasteiger partial charge on any atom is 0.307 e. The van der Waals surface area contributed by atoms with Crippen molar-refractivity contribution in [3.63, 3.8) is 0 Å². The second-order valence-electron chi connectivity index (χ2n) is 7.75. The Hall–Kier alpha value is -1.89. The third-order valence-electron chi connectivity index (χ3n) is 4.42. The highest BCUT2D eigenvalue weighted by molar-refractivity contribution is 5.74. The Morgan fingerprint density at radius 1 is 1.31 bits per heavy atom. The number of carbonyl (C=O) groups is 2. The zero-order valence-corrected chi connectivity index (χ0v) is 15.2. The fourth-order valence-electron chi connectivity index (χ4n) is 3.41. The zero-order chi connectivity index (χ0) is 19.8. The molecule has 144 valence electrons. The maximum atomic E-state index is 14.5. The highest BCUT2D eigenvalue weighted by Gasteiger charge is 2.59. The quantitative estimate of drug-likeness (QED) is 0.585. The summed E-state index contributed by atoms with van der Waals surface area (Å²) in [5.74, 6) is -6.12. The van der Waals surface area contributed by atoms with Crippen LogP contribution in [0.25, 0.3) is 0 Å². The van der Waals surface area contributed by atoms with Gasteiger partial charge in [0, 0.05) is 12.3 Å². The number of hydrogen-bond acceptors (Lipinski definition) is 4. The van der Waals surface area contributed by atoms with Crippen LogP contribution in [0.4, 0.5) is 13.2 Å². The van der Waals surface area contributed by atoms with Gasteiger partial charge >= 0.3 is 5.97 Å². The predicted octanol–water partition coefficient (Wildman–Crippen LogP) is 3.66. The van der Waals surface area contributed by atoms with Gasteiger partial charge in [0.15, 0.2) is 0 Å². The Balaban J connectivity index is 2.52. The van der Waals surface area contributed by atoms with Gasteiger partial charge in [-0.15, -0.1) is 0 Å². The summed E-state index contributed by atoms with van der Waals surface area (Å²) in [6.07, 6.45) is -1.87. The summed E-state index contributed by atoms with van der Waals surface area (Å²) in [6.45, 7) is 5.23. The van der Waals surface area contributed by atoms with Gasteiger partial charge in [0.1, 0.15) is 23.8 Å². The third kappa shape index (κ3) is 4.09. The molecule has 0 spiro atoms. The van der Waals surface area contributed by atoms with E-state index in [2.05, 4.69) is 0 Å². The summed E-state index contributed by atoms with van der Waals surface area (Å²) in [7, 11) is 0. The van der Waals surface area contributed by atoms with Gasteiger partial charge in [-0.25, -0.2) is 13.2 Å². The summed E-state index contributed by atoms with van der Waals surface area (Å²) in [6, 6.07) is 5.51. The number of benzene rings is 1. The van der Waals surface area contributed by atoms with Crippen LogP contribution in [-0.2, 0) is 24.5 Å². The predicted molar refractivity (Wildman–Crippen MR) is 88.5 cm³/mol. The Morgan fingerprint density at radius 3 is 2.42 bits per heavy atom. The van der Waals surface area contributed by atoms with Crippen LogP contribution < -0.4 is 0 Å². The minimum absolute atomic E-state index is 0.00490. The highest BCUT2D eigenvalue weighted by Crippen LogP contribution is 2.48. The summed E-state index contributed by atoms with van der Waals surface area (Å²) < 4.78 is 52.9. The molecule has 2 rings (SSSR count). The topological polar surface area (TPSA) is 52.6 Å². The molecule has 1 aliphatic rings. The van der Waals surface area contributed by atoms with E-state index in [1.54, 1.807) is 20.8 Å². The Labute approximate surface area is 150 Å². The lowest BCUT2D eigenvalue weighted by molar-refractivity contribution is -0.157. The summed E-state index contributed by atoms with van der Waals surface area (Å²) in [5, 5.41) is 0. The minimum atomic E-state index is -3.33. The van der Waals surface area contributed by atoms with Gasteiger partial charge in [-0.2, -0.15) is 0 Å². The molecule has 4 nitrogen and oxygen atoms in total. The second-order valence-corrected chi connectivity index (χ2v) is 7.75. The summed E-state index contributed by atoms with van der Waals surface area (Å²) in [5.41, 5.74) is -2.37. The van der Waals surface area contributed by atoms with Crippen molar-refractivity contribution in [2.24, 2.45) is 5.92 Å². The first-order valence-electron chi connectivity index (χ1n) is 8.32. The smallest absolute Gasteiger partial charge is 0.307 e.